The molecule has 0 saturated heterocycles. The van der Waals surface area contributed by atoms with Gasteiger partial charge >= 0.3 is 19.8 Å². The summed E-state index contributed by atoms with van der Waals surface area (Å²) in [6.07, 6.45) is 108. The molecule has 0 bridgehead atoms. The molecular weight excluding hydrogens is 1150 g/mol. The van der Waals surface area contributed by atoms with Gasteiger partial charge in [0.2, 0.25) is 0 Å². The maximum absolute atomic E-state index is 12.8. The predicted molar refractivity (Wildman–Crippen MR) is 394 cm³/mol. The Morgan fingerprint density at radius 1 is 0.341 bits per heavy atom. The lowest BCUT2D eigenvalue weighted by molar-refractivity contribution is -0.161. The van der Waals surface area contributed by atoms with Crippen LogP contribution in [0.5, 0.6) is 0 Å². The lowest BCUT2D eigenvalue weighted by Gasteiger charge is -2.19. The molecule has 0 aliphatic carbocycles. The highest BCUT2D eigenvalue weighted by Gasteiger charge is 2.26. The van der Waals surface area contributed by atoms with Crippen molar-refractivity contribution in [3.8, 4) is 0 Å². The fraction of sp³-hybridized carbons (Fsp3) is 0.679. The van der Waals surface area contributed by atoms with Crippen LogP contribution in [0, 0.1) is 0 Å². The first-order valence-corrected chi connectivity index (χ1v) is 38.8. The van der Waals surface area contributed by atoms with Gasteiger partial charge in [-0.1, -0.05) is 333 Å². The highest BCUT2D eigenvalue weighted by atomic mass is 31.2. The number of carbonyl (C=O) groups excluding carboxylic acids is 2. The van der Waals surface area contributed by atoms with Gasteiger partial charge in [0.1, 0.15) is 6.61 Å². The zero-order valence-corrected chi connectivity index (χ0v) is 59.4. The van der Waals surface area contributed by atoms with Crippen molar-refractivity contribution in [2.45, 2.75) is 328 Å². The predicted octanol–water partition coefficient (Wildman–Crippen LogP) is 25.0. The molecule has 0 fully saturated rings. The second-order valence-electron chi connectivity index (χ2n) is 24.4. The second-order valence-corrected chi connectivity index (χ2v) is 25.9. The van der Waals surface area contributed by atoms with E-state index in [1.165, 1.54) is 173 Å². The van der Waals surface area contributed by atoms with Gasteiger partial charge < -0.3 is 20.1 Å². The number of unbranched alkanes of at least 4 members (excludes halogenated alkanes) is 32. The quantitative estimate of drug-likeness (QED) is 0.0264. The standard InChI is InChI=1S/C81H138NO8P/c1-3-5-7-9-11-13-15-17-19-21-23-25-27-29-31-33-34-35-36-37-38-39-40-41-42-43-44-46-48-50-52-54-56-58-60-62-64-66-68-70-72-74-81(84)90-79(78-89-91(85,86)88-76-75-82)77-87-80(83)73-71-69-67-65-63-61-59-57-55-53-51-49-47-45-32-30-28-26-24-22-20-18-16-14-12-10-8-6-4-2/h5,7,11,13,17,19,22-25,29,31,34-35,37-38,40-41,43-44,48,50,54,56,79H,3-4,6,8-10,12,14-16,18,20-21,26-28,30,32-33,36,39,42,45-47,49,51-53,55,57-78,82H2,1-2H3,(H,85,86)/b7-5-,13-11-,19-17-,24-22-,25-23-,31-29-,35-34-,38-37-,41-40-,44-43-,50-48-,56-54-. The zero-order chi connectivity index (χ0) is 65.8. The molecule has 0 saturated carbocycles. The Morgan fingerprint density at radius 3 is 0.912 bits per heavy atom. The van der Waals surface area contributed by atoms with Crippen molar-refractivity contribution in [3.05, 3.63) is 146 Å². The van der Waals surface area contributed by atoms with Crippen LogP contribution in [-0.4, -0.2) is 49.3 Å². The fourth-order valence-corrected chi connectivity index (χ4v) is 11.0. The fourth-order valence-electron chi connectivity index (χ4n) is 10.2. The van der Waals surface area contributed by atoms with Crippen molar-refractivity contribution < 1.29 is 37.6 Å². The van der Waals surface area contributed by atoms with E-state index >= 15 is 0 Å². The third-order valence-corrected chi connectivity index (χ3v) is 16.7. The SMILES string of the molecule is CC/C=C\C/C=C\C/C=C\C/C=C\C/C=C\C/C=C\C/C=C\C/C=C\C/C=C\C/C=C\C/C=C\CCCCCCCCCC(=O)OC(COC(=O)CCCCCCCCCCCCCCCCCCC/C=C\CCCCCCCCCC)COP(=O)(O)OCCN. The topological polar surface area (TPSA) is 134 Å². The minimum absolute atomic E-state index is 0.0459. The molecule has 0 aliphatic heterocycles. The number of rotatable bonds is 69. The number of esters is 2. The average molecular weight is 1280 g/mol. The lowest BCUT2D eigenvalue weighted by Crippen LogP contribution is -2.29. The first-order chi connectivity index (χ1) is 44.8. The van der Waals surface area contributed by atoms with Crippen molar-refractivity contribution in [1.29, 1.82) is 0 Å². The van der Waals surface area contributed by atoms with Crippen LogP contribution in [-0.2, 0) is 32.7 Å². The van der Waals surface area contributed by atoms with E-state index in [-0.39, 0.29) is 38.6 Å². The lowest BCUT2D eigenvalue weighted by atomic mass is 10.0. The molecule has 2 unspecified atom stereocenters. The van der Waals surface area contributed by atoms with E-state index < -0.39 is 26.5 Å². The van der Waals surface area contributed by atoms with Crippen molar-refractivity contribution in [1.82, 2.24) is 0 Å². The normalized spacial score (nSPS) is 13.8. The summed E-state index contributed by atoms with van der Waals surface area (Å²) < 4.78 is 33.2. The molecule has 9 nitrogen and oxygen atoms in total. The molecule has 0 amide bonds. The molecule has 3 N–H and O–H groups in total. The molecule has 0 heterocycles. The van der Waals surface area contributed by atoms with Crippen LogP contribution in [0.25, 0.3) is 0 Å². The van der Waals surface area contributed by atoms with Crippen molar-refractivity contribution in [2.75, 3.05) is 26.4 Å². The van der Waals surface area contributed by atoms with Gasteiger partial charge in [-0.3, -0.25) is 18.6 Å². The smallest absolute Gasteiger partial charge is 0.462 e. The van der Waals surface area contributed by atoms with E-state index in [9.17, 15) is 19.0 Å². The van der Waals surface area contributed by atoms with Crippen LogP contribution in [0.3, 0.4) is 0 Å². The first kappa shape index (κ1) is 86.9. The summed E-state index contributed by atoms with van der Waals surface area (Å²) in [5.41, 5.74) is 5.41. The highest BCUT2D eigenvalue weighted by Crippen LogP contribution is 2.43. The number of carbonyl (C=O) groups is 2. The third-order valence-electron chi connectivity index (χ3n) is 15.7. The number of phosphoric acid groups is 1. The zero-order valence-electron chi connectivity index (χ0n) is 58.5. The van der Waals surface area contributed by atoms with Crippen LogP contribution >= 0.6 is 7.82 Å². The summed E-state index contributed by atoms with van der Waals surface area (Å²) in [5, 5.41) is 0. The van der Waals surface area contributed by atoms with Gasteiger partial charge in [-0.15, -0.1) is 0 Å². The molecule has 0 rings (SSSR count). The Kier molecular flexibility index (Phi) is 71.5. The largest absolute Gasteiger partial charge is 0.472 e. The van der Waals surface area contributed by atoms with Crippen LogP contribution in [0.15, 0.2) is 146 Å². The molecule has 91 heavy (non-hydrogen) atoms. The number of phosphoric ester groups is 1. The monoisotopic (exact) mass is 1280 g/mol. The Balaban J connectivity index is 3.94. The molecule has 520 valence electrons. The maximum Gasteiger partial charge on any atom is 0.472 e. The Morgan fingerprint density at radius 2 is 0.604 bits per heavy atom. The summed E-state index contributed by atoms with van der Waals surface area (Å²) in [5.74, 6) is -0.838. The first-order valence-electron chi connectivity index (χ1n) is 37.3. The van der Waals surface area contributed by atoms with Gasteiger partial charge in [-0.05, 0) is 122 Å². The van der Waals surface area contributed by atoms with Crippen LogP contribution in [0.1, 0.15) is 322 Å². The van der Waals surface area contributed by atoms with Gasteiger partial charge in [-0.25, -0.2) is 4.57 Å². The van der Waals surface area contributed by atoms with Crippen molar-refractivity contribution in [2.24, 2.45) is 5.73 Å². The Bertz CT molecular complexity index is 2010. The van der Waals surface area contributed by atoms with Gasteiger partial charge in [-0.2, -0.15) is 0 Å². The summed E-state index contributed by atoms with van der Waals surface area (Å²) in [7, 11) is -4.41. The average Bonchev–Trinajstić information content (AvgIpc) is 3.74. The number of hydrogen-bond donors (Lipinski definition) is 2. The maximum atomic E-state index is 12.8. The van der Waals surface area contributed by atoms with Crippen molar-refractivity contribution in [3.63, 3.8) is 0 Å². The summed E-state index contributed by atoms with van der Waals surface area (Å²) in [6, 6.07) is 0. The van der Waals surface area contributed by atoms with Gasteiger partial charge in [0.15, 0.2) is 6.10 Å². The van der Waals surface area contributed by atoms with Gasteiger partial charge in [0, 0.05) is 19.4 Å². The molecule has 10 heteroatoms. The number of hydrogen-bond acceptors (Lipinski definition) is 8. The molecule has 0 aliphatic rings. The number of ether oxygens (including phenoxy) is 2. The summed E-state index contributed by atoms with van der Waals surface area (Å²) >= 11 is 0. The molecule has 0 aromatic heterocycles. The second kappa shape index (κ2) is 74.9. The van der Waals surface area contributed by atoms with E-state index in [4.69, 9.17) is 24.3 Å². The van der Waals surface area contributed by atoms with E-state index in [1.807, 2.05) is 0 Å². The number of allylic oxidation sites excluding steroid dienone is 24. The molecule has 0 radical (unpaired) electrons. The molecular formula is C81H138NO8P. The van der Waals surface area contributed by atoms with E-state index in [2.05, 4.69) is 160 Å². The minimum atomic E-state index is -4.41. The van der Waals surface area contributed by atoms with Crippen LogP contribution in [0.4, 0.5) is 0 Å². The van der Waals surface area contributed by atoms with Gasteiger partial charge in [0.05, 0.1) is 13.2 Å². The van der Waals surface area contributed by atoms with E-state index in [0.29, 0.717) is 6.42 Å². The molecule has 2 atom stereocenters. The Labute approximate surface area is 560 Å². The third kappa shape index (κ3) is 74.8. The minimum Gasteiger partial charge on any atom is -0.462 e. The van der Waals surface area contributed by atoms with Crippen molar-refractivity contribution >= 4 is 19.8 Å². The Hall–Kier alpha value is -4.11. The summed E-state index contributed by atoms with van der Waals surface area (Å²) in [6.45, 7) is 3.64. The molecule has 0 spiro atoms. The van der Waals surface area contributed by atoms with E-state index in [0.717, 1.165) is 116 Å². The van der Waals surface area contributed by atoms with Gasteiger partial charge in [0.25, 0.3) is 0 Å². The van der Waals surface area contributed by atoms with Crippen LogP contribution < -0.4 is 5.73 Å². The van der Waals surface area contributed by atoms with E-state index in [1.54, 1.807) is 0 Å². The van der Waals surface area contributed by atoms with Crippen LogP contribution in [0.2, 0.25) is 0 Å². The highest BCUT2D eigenvalue weighted by molar-refractivity contribution is 7.47. The summed E-state index contributed by atoms with van der Waals surface area (Å²) in [4.78, 5) is 35.4. The number of nitrogens with two attached hydrogens (primary N) is 1. The molecule has 0 aromatic rings. The molecule has 0 aromatic carbocycles.